The minimum absolute atomic E-state index is 0.735. The normalized spacial score (nSPS) is 18.4. The molecule has 1 unspecified atom stereocenters. The summed E-state index contributed by atoms with van der Waals surface area (Å²) in [4.78, 5) is 2.77. The van der Waals surface area contributed by atoms with Crippen molar-refractivity contribution in [2.45, 2.75) is 65.5 Å². The Hall–Kier alpha value is -0.0800. The molecule has 1 rings (SSSR count). The fourth-order valence-electron chi connectivity index (χ4n) is 2.39. The first-order valence-electron chi connectivity index (χ1n) is 7.17. The van der Waals surface area contributed by atoms with E-state index < -0.39 is 0 Å². The Kier molecular flexibility index (Phi) is 6.37. The summed E-state index contributed by atoms with van der Waals surface area (Å²) in [5.74, 6) is 0.761. The van der Waals surface area contributed by atoms with Crippen LogP contribution in [-0.4, -0.2) is 36.6 Å². The SMILES string of the molecule is CCCCN(C1CC1)C(CNCC)C(C)C. The molecule has 16 heavy (non-hydrogen) atoms. The molecule has 1 atom stereocenters. The van der Waals surface area contributed by atoms with Gasteiger partial charge in [-0.25, -0.2) is 0 Å². The third-order valence-corrected chi connectivity index (χ3v) is 3.58. The van der Waals surface area contributed by atoms with Gasteiger partial charge in [-0.15, -0.1) is 0 Å². The molecule has 2 heteroatoms. The molecule has 1 aliphatic rings. The van der Waals surface area contributed by atoms with Crippen LogP contribution >= 0.6 is 0 Å². The summed E-state index contributed by atoms with van der Waals surface area (Å²) < 4.78 is 0. The van der Waals surface area contributed by atoms with Gasteiger partial charge in [0.1, 0.15) is 0 Å². The Balaban J connectivity index is 2.48. The molecule has 1 aliphatic carbocycles. The van der Waals surface area contributed by atoms with Crippen molar-refractivity contribution in [3.8, 4) is 0 Å². The van der Waals surface area contributed by atoms with E-state index in [4.69, 9.17) is 0 Å². The van der Waals surface area contributed by atoms with Crippen LogP contribution in [0.3, 0.4) is 0 Å². The monoisotopic (exact) mass is 226 g/mol. The van der Waals surface area contributed by atoms with E-state index in [1.54, 1.807) is 0 Å². The van der Waals surface area contributed by atoms with Gasteiger partial charge in [0, 0.05) is 18.6 Å². The molecule has 0 aromatic heterocycles. The van der Waals surface area contributed by atoms with Gasteiger partial charge in [-0.3, -0.25) is 4.90 Å². The van der Waals surface area contributed by atoms with Gasteiger partial charge in [-0.2, -0.15) is 0 Å². The van der Waals surface area contributed by atoms with Gasteiger partial charge in [0.05, 0.1) is 0 Å². The maximum Gasteiger partial charge on any atom is 0.0246 e. The van der Waals surface area contributed by atoms with E-state index in [2.05, 4.69) is 37.9 Å². The van der Waals surface area contributed by atoms with E-state index in [9.17, 15) is 0 Å². The van der Waals surface area contributed by atoms with E-state index in [1.165, 1.54) is 32.2 Å². The Bertz CT molecular complexity index is 164. The summed E-state index contributed by atoms with van der Waals surface area (Å²) in [6, 6.07) is 1.64. The maximum absolute atomic E-state index is 3.53. The van der Waals surface area contributed by atoms with Crippen molar-refractivity contribution in [2.24, 2.45) is 5.92 Å². The van der Waals surface area contributed by atoms with Gasteiger partial charge < -0.3 is 5.32 Å². The maximum atomic E-state index is 3.53. The van der Waals surface area contributed by atoms with Gasteiger partial charge in [-0.1, -0.05) is 34.1 Å². The molecule has 1 fully saturated rings. The van der Waals surface area contributed by atoms with Crippen molar-refractivity contribution < 1.29 is 0 Å². The van der Waals surface area contributed by atoms with E-state index in [0.29, 0.717) is 0 Å². The first-order chi connectivity index (χ1) is 7.70. The first kappa shape index (κ1) is 14.0. The van der Waals surface area contributed by atoms with Crippen molar-refractivity contribution in [2.75, 3.05) is 19.6 Å². The molecular formula is C14H30N2. The van der Waals surface area contributed by atoms with Crippen LogP contribution in [0, 0.1) is 5.92 Å². The van der Waals surface area contributed by atoms with Crippen LogP contribution in [0.25, 0.3) is 0 Å². The first-order valence-corrected chi connectivity index (χ1v) is 7.17. The summed E-state index contributed by atoms with van der Waals surface area (Å²) >= 11 is 0. The second kappa shape index (κ2) is 7.29. The highest BCUT2D eigenvalue weighted by Gasteiger charge is 2.34. The lowest BCUT2D eigenvalue weighted by Crippen LogP contribution is -2.47. The van der Waals surface area contributed by atoms with E-state index in [-0.39, 0.29) is 0 Å². The predicted molar refractivity (Wildman–Crippen MR) is 71.8 cm³/mol. The van der Waals surface area contributed by atoms with E-state index >= 15 is 0 Å². The van der Waals surface area contributed by atoms with Crippen LogP contribution in [0.2, 0.25) is 0 Å². The fraction of sp³-hybridized carbons (Fsp3) is 1.00. The zero-order chi connectivity index (χ0) is 12.0. The average Bonchev–Trinajstić information content (AvgIpc) is 3.06. The standard InChI is InChI=1S/C14H30N2/c1-5-7-10-16(13-8-9-13)14(12(3)4)11-15-6-2/h12-15H,5-11H2,1-4H3. The van der Waals surface area contributed by atoms with Crippen molar-refractivity contribution >= 4 is 0 Å². The lowest BCUT2D eigenvalue weighted by atomic mass is 10.0. The van der Waals surface area contributed by atoms with E-state index in [0.717, 1.165) is 31.1 Å². The molecule has 0 radical (unpaired) electrons. The molecule has 0 heterocycles. The summed E-state index contributed by atoms with van der Waals surface area (Å²) in [6.45, 7) is 12.8. The van der Waals surface area contributed by atoms with Crippen LogP contribution < -0.4 is 5.32 Å². The van der Waals surface area contributed by atoms with Gasteiger partial charge in [0.2, 0.25) is 0 Å². The number of hydrogen-bond acceptors (Lipinski definition) is 2. The molecule has 0 spiro atoms. The zero-order valence-electron chi connectivity index (χ0n) is 11.6. The highest BCUT2D eigenvalue weighted by Crippen LogP contribution is 2.30. The topological polar surface area (TPSA) is 15.3 Å². The van der Waals surface area contributed by atoms with Crippen molar-refractivity contribution in [3.05, 3.63) is 0 Å². The average molecular weight is 226 g/mol. The Labute approximate surface area is 102 Å². The second-order valence-corrected chi connectivity index (χ2v) is 5.44. The quantitative estimate of drug-likeness (QED) is 0.650. The molecule has 0 aromatic rings. The van der Waals surface area contributed by atoms with Gasteiger partial charge >= 0.3 is 0 Å². The number of rotatable bonds is 9. The smallest absolute Gasteiger partial charge is 0.0246 e. The van der Waals surface area contributed by atoms with Crippen molar-refractivity contribution in [1.29, 1.82) is 0 Å². The van der Waals surface area contributed by atoms with Gasteiger partial charge in [-0.05, 0) is 38.3 Å². The van der Waals surface area contributed by atoms with Crippen LogP contribution in [-0.2, 0) is 0 Å². The second-order valence-electron chi connectivity index (χ2n) is 5.44. The molecular weight excluding hydrogens is 196 g/mol. The van der Waals surface area contributed by atoms with Crippen LogP contribution in [0.1, 0.15) is 53.4 Å². The molecule has 1 saturated carbocycles. The number of nitrogens with zero attached hydrogens (tertiary/aromatic N) is 1. The molecule has 2 nitrogen and oxygen atoms in total. The molecule has 96 valence electrons. The molecule has 1 N–H and O–H groups in total. The summed E-state index contributed by atoms with van der Waals surface area (Å²) in [6.07, 6.45) is 5.53. The number of nitrogens with one attached hydrogen (secondary N) is 1. The molecule has 0 aliphatic heterocycles. The molecule has 0 saturated heterocycles. The van der Waals surface area contributed by atoms with E-state index in [1.807, 2.05) is 0 Å². The summed E-state index contributed by atoms with van der Waals surface area (Å²) in [7, 11) is 0. The van der Waals surface area contributed by atoms with Gasteiger partial charge in [0.15, 0.2) is 0 Å². The highest BCUT2D eigenvalue weighted by molar-refractivity contribution is 4.90. The Morgan fingerprint density at radius 2 is 1.94 bits per heavy atom. The lowest BCUT2D eigenvalue weighted by Gasteiger charge is -2.35. The summed E-state index contributed by atoms with van der Waals surface area (Å²) in [5, 5.41) is 3.53. The van der Waals surface area contributed by atoms with Crippen LogP contribution in [0.4, 0.5) is 0 Å². The van der Waals surface area contributed by atoms with Crippen LogP contribution in [0.15, 0.2) is 0 Å². The molecule has 0 aromatic carbocycles. The third-order valence-electron chi connectivity index (χ3n) is 3.58. The summed E-state index contributed by atoms with van der Waals surface area (Å²) in [5.41, 5.74) is 0. The Morgan fingerprint density at radius 3 is 2.38 bits per heavy atom. The van der Waals surface area contributed by atoms with Crippen molar-refractivity contribution in [3.63, 3.8) is 0 Å². The highest BCUT2D eigenvalue weighted by atomic mass is 15.2. The zero-order valence-corrected chi connectivity index (χ0v) is 11.6. The Morgan fingerprint density at radius 1 is 1.25 bits per heavy atom. The molecule has 0 bridgehead atoms. The number of hydrogen-bond donors (Lipinski definition) is 1. The minimum atomic E-state index is 0.735. The number of unbranched alkanes of at least 4 members (excludes halogenated alkanes) is 1. The minimum Gasteiger partial charge on any atom is -0.315 e. The van der Waals surface area contributed by atoms with Crippen LogP contribution in [0.5, 0.6) is 0 Å². The fourth-order valence-corrected chi connectivity index (χ4v) is 2.39. The predicted octanol–water partition coefficient (Wildman–Crippen LogP) is 2.89. The third kappa shape index (κ3) is 4.42. The number of likely N-dealkylation sites (N-methyl/N-ethyl adjacent to an activating group) is 1. The van der Waals surface area contributed by atoms with Crippen molar-refractivity contribution in [1.82, 2.24) is 10.2 Å². The van der Waals surface area contributed by atoms with Gasteiger partial charge in [0.25, 0.3) is 0 Å². The lowest BCUT2D eigenvalue weighted by molar-refractivity contribution is 0.141. The molecule has 0 amide bonds. The largest absolute Gasteiger partial charge is 0.315 e.